The van der Waals surface area contributed by atoms with Gasteiger partial charge in [0.05, 0.1) is 25.6 Å². The average Bonchev–Trinajstić information content (AvgIpc) is 2.29. The van der Waals surface area contributed by atoms with Crippen molar-refractivity contribution in [1.29, 1.82) is 0 Å². The highest BCUT2D eigenvalue weighted by atomic mass is 79.9. The largest absolute Gasteiger partial charge is 0.379 e. The molecule has 7 nitrogen and oxygen atoms in total. The summed E-state index contributed by atoms with van der Waals surface area (Å²) < 4.78 is 29.8. The van der Waals surface area contributed by atoms with Crippen LogP contribution in [0.15, 0.2) is 17.0 Å². The van der Waals surface area contributed by atoms with Crippen molar-refractivity contribution in [3.05, 3.63) is 17.0 Å². The average molecular weight is 325 g/mol. The molecule has 3 N–H and O–H groups in total. The van der Waals surface area contributed by atoms with E-state index in [4.69, 9.17) is 4.74 Å². The summed E-state index contributed by atoms with van der Waals surface area (Å²) in [6, 6.07) is 0. The highest BCUT2D eigenvalue weighted by Crippen LogP contribution is 2.42. The summed E-state index contributed by atoms with van der Waals surface area (Å²) in [5, 5.41) is 0. The van der Waals surface area contributed by atoms with E-state index >= 15 is 0 Å². The molecule has 1 fully saturated rings. The molecule has 0 amide bonds. The molecule has 0 spiro atoms. The minimum absolute atomic E-state index is 0.311. The first-order valence-corrected chi connectivity index (χ1v) is 7.24. The van der Waals surface area contributed by atoms with Gasteiger partial charge in [-0.25, -0.2) is 4.98 Å². The van der Waals surface area contributed by atoms with E-state index in [2.05, 4.69) is 30.6 Å². The summed E-state index contributed by atoms with van der Waals surface area (Å²) in [5.74, 6) is 0.311. The molecule has 0 aliphatic carbocycles. The number of nitrogens with one attached hydrogen (secondary N) is 1. The van der Waals surface area contributed by atoms with Gasteiger partial charge in [-0.05, 0) is 15.9 Å². The number of anilines is 1. The van der Waals surface area contributed by atoms with Gasteiger partial charge in [-0.15, -0.1) is 0 Å². The van der Waals surface area contributed by atoms with Crippen molar-refractivity contribution in [1.82, 2.24) is 14.3 Å². The van der Waals surface area contributed by atoms with Gasteiger partial charge >= 0.3 is 0 Å². The SMILES string of the molecule is OS(O)(Nc1cncc(Br)n1)N1CCOCC1. The van der Waals surface area contributed by atoms with Crippen LogP contribution in [0.4, 0.5) is 5.82 Å². The molecule has 1 aliphatic heterocycles. The Bertz CT molecular complexity index is 389. The molecule has 1 aliphatic rings. The fraction of sp³-hybridized carbons (Fsp3) is 0.500. The minimum Gasteiger partial charge on any atom is -0.379 e. The maximum Gasteiger partial charge on any atom is 0.165 e. The zero-order chi connectivity index (χ0) is 12.3. The molecular weight excluding hydrogens is 312 g/mol. The lowest BCUT2D eigenvalue weighted by Gasteiger charge is -2.44. The smallest absolute Gasteiger partial charge is 0.165 e. The van der Waals surface area contributed by atoms with E-state index in [9.17, 15) is 9.11 Å². The molecule has 96 valence electrons. The van der Waals surface area contributed by atoms with Crippen LogP contribution >= 0.6 is 26.9 Å². The Morgan fingerprint density at radius 1 is 1.35 bits per heavy atom. The molecule has 0 saturated carbocycles. The second kappa shape index (κ2) is 5.46. The van der Waals surface area contributed by atoms with Crippen LogP contribution in [0.3, 0.4) is 0 Å². The van der Waals surface area contributed by atoms with Crippen LogP contribution in [0, 0.1) is 0 Å². The third kappa shape index (κ3) is 3.50. The van der Waals surface area contributed by atoms with Gasteiger partial charge in [-0.3, -0.25) is 18.8 Å². The fourth-order valence-electron chi connectivity index (χ4n) is 1.40. The lowest BCUT2D eigenvalue weighted by atomic mass is 10.5. The molecule has 0 unspecified atom stereocenters. The second-order valence-electron chi connectivity index (χ2n) is 3.39. The monoisotopic (exact) mass is 324 g/mol. The van der Waals surface area contributed by atoms with Crippen LogP contribution < -0.4 is 4.72 Å². The van der Waals surface area contributed by atoms with Crippen LogP contribution in [-0.4, -0.2) is 49.7 Å². The van der Waals surface area contributed by atoms with Crippen LogP contribution in [-0.2, 0) is 4.74 Å². The van der Waals surface area contributed by atoms with E-state index < -0.39 is 11.0 Å². The van der Waals surface area contributed by atoms with Crippen molar-refractivity contribution in [2.75, 3.05) is 31.0 Å². The highest BCUT2D eigenvalue weighted by Gasteiger charge is 2.25. The Balaban J connectivity index is 2.05. The molecule has 0 bridgehead atoms. The molecule has 1 aromatic rings. The van der Waals surface area contributed by atoms with E-state index in [1.165, 1.54) is 12.4 Å². The summed E-state index contributed by atoms with van der Waals surface area (Å²) in [5.41, 5.74) is 0. The summed E-state index contributed by atoms with van der Waals surface area (Å²) in [4.78, 5) is 7.93. The van der Waals surface area contributed by atoms with Crippen molar-refractivity contribution in [3.63, 3.8) is 0 Å². The van der Waals surface area contributed by atoms with Gasteiger partial charge < -0.3 is 4.74 Å². The van der Waals surface area contributed by atoms with Gasteiger partial charge in [0.1, 0.15) is 4.60 Å². The van der Waals surface area contributed by atoms with Gasteiger partial charge in [0, 0.05) is 13.1 Å². The number of nitrogens with zero attached hydrogens (tertiary/aromatic N) is 3. The molecule has 0 radical (unpaired) electrons. The topological polar surface area (TPSA) is 90.7 Å². The Kier molecular flexibility index (Phi) is 4.17. The van der Waals surface area contributed by atoms with Crippen molar-refractivity contribution < 1.29 is 13.8 Å². The Morgan fingerprint density at radius 2 is 2.06 bits per heavy atom. The molecule has 2 rings (SSSR count). The van der Waals surface area contributed by atoms with Crippen LogP contribution in [0.1, 0.15) is 0 Å². The summed E-state index contributed by atoms with van der Waals surface area (Å²) in [7, 11) is -3.07. The number of aromatic nitrogens is 2. The molecule has 9 heteroatoms. The summed E-state index contributed by atoms with van der Waals surface area (Å²) >= 11 is 3.16. The molecule has 1 aromatic heterocycles. The third-order valence-corrected chi connectivity index (χ3v) is 4.13. The van der Waals surface area contributed by atoms with E-state index in [0.717, 1.165) is 0 Å². The van der Waals surface area contributed by atoms with E-state index in [-0.39, 0.29) is 0 Å². The number of hydrogen-bond acceptors (Lipinski definition) is 7. The molecule has 0 atom stereocenters. The first kappa shape index (κ1) is 13.0. The molecule has 1 saturated heterocycles. The number of morpholine rings is 1. The normalized spacial score (nSPS) is 19.0. The lowest BCUT2D eigenvalue weighted by Crippen LogP contribution is -2.40. The molecular formula is C8H13BrN4O3S. The van der Waals surface area contributed by atoms with Crippen molar-refractivity contribution in [2.24, 2.45) is 0 Å². The summed E-state index contributed by atoms with van der Waals surface area (Å²) in [6.07, 6.45) is 2.95. The van der Waals surface area contributed by atoms with Gasteiger partial charge in [-0.2, -0.15) is 4.31 Å². The van der Waals surface area contributed by atoms with E-state index in [1.807, 2.05) is 0 Å². The first-order chi connectivity index (χ1) is 8.08. The van der Waals surface area contributed by atoms with Crippen LogP contribution in [0.25, 0.3) is 0 Å². The maximum absolute atomic E-state index is 10.00. The third-order valence-electron chi connectivity index (χ3n) is 2.18. The lowest BCUT2D eigenvalue weighted by molar-refractivity contribution is 0.0690. The maximum atomic E-state index is 10.00. The molecule has 0 aromatic carbocycles. The molecule has 2 heterocycles. The van der Waals surface area contributed by atoms with Gasteiger partial charge in [0.15, 0.2) is 5.82 Å². The standard InChI is InChI=1S/C8H13BrN4O3S/c9-7-5-10-6-8(11-7)12-17(14,15)13-1-3-16-4-2-13/h5-6,14-15H,1-4H2,(H,11,12). The Labute approximate surface area is 109 Å². The zero-order valence-electron chi connectivity index (χ0n) is 8.91. The summed E-state index contributed by atoms with van der Waals surface area (Å²) in [6.45, 7) is 1.91. The van der Waals surface area contributed by atoms with Crippen LogP contribution in [0.2, 0.25) is 0 Å². The fourth-order valence-corrected chi connectivity index (χ4v) is 2.87. The number of rotatable bonds is 3. The van der Waals surface area contributed by atoms with E-state index in [0.29, 0.717) is 36.7 Å². The van der Waals surface area contributed by atoms with Crippen molar-refractivity contribution >= 4 is 32.7 Å². The Hall–Kier alpha value is -0.450. The Morgan fingerprint density at radius 3 is 2.71 bits per heavy atom. The number of halogens is 1. The highest BCUT2D eigenvalue weighted by molar-refractivity contribution is 9.10. The molecule has 17 heavy (non-hydrogen) atoms. The van der Waals surface area contributed by atoms with Gasteiger partial charge in [0.25, 0.3) is 0 Å². The second-order valence-corrected chi connectivity index (χ2v) is 5.96. The zero-order valence-corrected chi connectivity index (χ0v) is 11.3. The van der Waals surface area contributed by atoms with Crippen molar-refractivity contribution in [2.45, 2.75) is 0 Å². The van der Waals surface area contributed by atoms with Gasteiger partial charge in [0.2, 0.25) is 0 Å². The first-order valence-electron chi connectivity index (χ1n) is 4.94. The number of ether oxygens (including phenoxy) is 1. The minimum atomic E-state index is -3.07. The van der Waals surface area contributed by atoms with Crippen LogP contribution in [0.5, 0.6) is 0 Å². The quantitative estimate of drug-likeness (QED) is 0.777. The predicted octanol–water partition coefficient (Wildman–Crippen LogP) is 1.56. The predicted molar refractivity (Wildman–Crippen MR) is 68.6 cm³/mol. The van der Waals surface area contributed by atoms with Crippen molar-refractivity contribution in [3.8, 4) is 0 Å². The van der Waals surface area contributed by atoms with E-state index in [1.54, 1.807) is 4.31 Å². The van der Waals surface area contributed by atoms with Gasteiger partial charge in [-0.1, -0.05) is 11.0 Å². The number of hydrogen-bond donors (Lipinski definition) is 3.